The van der Waals surface area contributed by atoms with E-state index in [1.165, 1.54) is 0 Å². The molecule has 0 unspecified atom stereocenters. The molecule has 138 valence electrons. The zero-order chi connectivity index (χ0) is 18.5. The summed E-state index contributed by atoms with van der Waals surface area (Å²) in [7, 11) is 1.71. The van der Waals surface area contributed by atoms with Crippen molar-refractivity contribution in [2.45, 2.75) is 25.4 Å². The SMILES string of the molecule is CN(C(=O)NCc1cc(F)ccc1F)[C@@H]1CCCN(c2cccnn2)C1. The molecule has 26 heavy (non-hydrogen) atoms. The number of carbonyl (C=O) groups excluding carboxylic acids is 1. The molecule has 6 nitrogen and oxygen atoms in total. The standard InChI is InChI=1S/C18H21F2N5O/c1-24(18(26)21-11-13-10-14(19)6-7-16(13)20)15-4-3-9-25(12-15)17-5-2-8-22-23-17/h2,5-8,10,15H,3-4,9,11-12H2,1H3,(H,21,26)/t15-/m1/s1. The maximum atomic E-state index is 13.7. The van der Waals surface area contributed by atoms with Crippen molar-refractivity contribution in [3.8, 4) is 0 Å². The van der Waals surface area contributed by atoms with Crippen molar-refractivity contribution in [3.05, 3.63) is 53.7 Å². The Labute approximate surface area is 150 Å². The first-order chi connectivity index (χ1) is 12.5. The molecular formula is C18H21F2N5O. The Balaban J connectivity index is 1.58. The van der Waals surface area contributed by atoms with Gasteiger partial charge >= 0.3 is 6.03 Å². The van der Waals surface area contributed by atoms with Gasteiger partial charge in [0.2, 0.25) is 0 Å². The number of carbonyl (C=O) groups is 1. The van der Waals surface area contributed by atoms with Crippen LogP contribution in [0.5, 0.6) is 0 Å². The summed E-state index contributed by atoms with van der Waals surface area (Å²) in [6.45, 7) is 1.45. The molecule has 3 rings (SSSR count). The van der Waals surface area contributed by atoms with Crippen LogP contribution < -0.4 is 10.2 Å². The lowest BCUT2D eigenvalue weighted by Gasteiger charge is -2.37. The van der Waals surface area contributed by atoms with Gasteiger partial charge in [-0.15, -0.1) is 5.10 Å². The fourth-order valence-electron chi connectivity index (χ4n) is 3.08. The topological polar surface area (TPSA) is 61.4 Å². The zero-order valence-electron chi connectivity index (χ0n) is 14.5. The van der Waals surface area contributed by atoms with E-state index < -0.39 is 11.6 Å². The number of aromatic nitrogens is 2. The van der Waals surface area contributed by atoms with Crippen LogP contribution in [-0.2, 0) is 6.54 Å². The van der Waals surface area contributed by atoms with Crippen LogP contribution >= 0.6 is 0 Å². The molecule has 0 saturated carbocycles. The van der Waals surface area contributed by atoms with E-state index in [-0.39, 0.29) is 24.2 Å². The molecule has 2 aromatic rings. The Morgan fingerprint density at radius 1 is 1.38 bits per heavy atom. The van der Waals surface area contributed by atoms with E-state index >= 15 is 0 Å². The summed E-state index contributed by atoms with van der Waals surface area (Å²) in [5, 5.41) is 10.7. The molecule has 1 aromatic carbocycles. The van der Waals surface area contributed by atoms with E-state index in [1.807, 2.05) is 12.1 Å². The third-order valence-corrected chi connectivity index (χ3v) is 4.58. The Bertz CT molecular complexity index is 759. The fraction of sp³-hybridized carbons (Fsp3) is 0.389. The van der Waals surface area contributed by atoms with Gasteiger partial charge in [-0.3, -0.25) is 0 Å². The minimum absolute atomic E-state index is 0.00288. The molecule has 8 heteroatoms. The van der Waals surface area contributed by atoms with Crippen molar-refractivity contribution in [1.29, 1.82) is 0 Å². The van der Waals surface area contributed by atoms with E-state index in [1.54, 1.807) is 18.1 Å². The Morgan fingerprint density at radius 2 is 2.23 bits per heavy atom. The zero-order valence-corrected chi connectivity index (χ0v) is 14.5. The average Bonchev–Trinajstić information content (AvgIpc) is 2.68. The van der Waals surface area contributed by atoms with E-state index in [2.05, 4.69) is 20.4 Å². The predicted molar refractivity (Wildman–Crippen MR) is 93.6 cm³/mol. The number of halogens is 2. The van der Waals surface area contributed by atoms with Gasteiger partial charge in [0.15, 0.2) is 5.82 Å². The second kappa shape index (κ2) is 8.07. The number of likely N-dealkylation sites (N-methyl/N-ethyl adjacent to an activating group) is 1. The first-order valence-electron chi connectivity index (χ1n) is 8.52. The Morgan fingerprint density at radius 3 is 3.00 bits per heavy atom. The molecule has 2 amide bonds. The highest BCUT2D eigenvalue weighted by molar-refractivity contribution is 5.74. The third-order valence-electron chi connectivity index (χ3n) is 4.58. The summed E-state index contributed by atoms with van der Waals surface area (Å²) in [5.41, 5.74) is 0.122. The van der Waals surface area contributed by atoms with Crippen LogP contribution in [0, 0.1) is 11.6 Å². The first kappa shape index (κ1) is 18.0. The number of rotatable bonds is 4. The minimum Gasteiger partial charge on any atom is -0.353 e. The average molecular weight is 361 g/mol. The van der Waals surface area contributed by atoms with Crippen molar-refractivity contribution < 1.29 is 13.6 Å². The van der Waals surface area contributed by atoms with Crippen LogP contribution in [0.3, 0.4) is 0 Å². The van der Waals surface area contributed by atoms with Crippen LogP contribution in [0.25, 0.3) is 0 Å². The molecule has 1 fully saturated rings. The van der Waals surface area contributed by atoms with E-state index in [9.17, 15) is 13.6 Å². The second-order valence-electron chi connectivity index (χ2n) is 6.33. The smallest absolute Gasteiger partial charge is 0.317 e. The molecule has 1 aliphatic rings. The van der Waals surface area contributed by atoms with Crippen LogP contribution in [0.2, 0.25) is 0 Å². The summed E-state index contributed by atoms with van der Waals surface area (Å²) >= 11 is 0. The summed E-state index contributed by atoms with van der Waals surface area (Å²) in [5.74, 6) is -0.287. The number of amides is 2. The molecule has 1 saturated heterocycles. The third kappa shape index (κ3) is 4.25. The lowest BCUT2D eigenvalue weighted by Crippen LogP contribution is -2.51. The van der Waals surface area contributed by atoms with Gasteiger partial charge in [-0.25, -0.2) is 13.6 Å². The van der Waals surface area contributed by atoms with Crippen molar-refractivity contribution in [2.24, 2.45) is 0 Å². The molecule has 1 atom stereocenters. The van der Waals surface area contributed by atoms with Gasteiger partial charge in [-0.1, -0.05) is 0 Å². The number of hydrogen-bond acceptors (Lipinski definition) is 4. The van der Waals surface area contributed by atoms with Gasteiger partial charge in [-0.2, -0.15) is 5.10 Å². The van der Waals surface area contributed by atoms with Gasteiger partial charge in [0, 0.05) is 38.4 Å². The predicted octanol–water partition coefficient (Wildman–Crippen LogP) is 2.57. The number of piperidine rings is 1. The lowest BCUT2D eigenvalue weighted by molar-refractivity contribution is 0.182. The molecule has 0 spiro atoms. The first-order valence-corrected chi connectivity index (χ1v) is 8.52. The Hall–Kier alpha value is -2.77. The highest BCUT2D eigenvalue weighted by atomic mass is 19.1. The molecule has 0 aliphatic carbocycles. The van der Waals surface area contributed by atoms with E-state index in [0.717, 1.165) is 43.4 Å². The summed E-state index contributed by atoms with van der Waals surface area (Å²) < 4.78 is 26.9. The molecular weight excluding hydrogens is 340 g/mol. The van der Waals surface area contributed by atoms with Gasteiger partial charge in [-0.05, 0) is 43.2 Å². The normalized spacial score (nSPS) is 17.0. The number of anilines is 1. The highest BCUT2D eigenvalue weighted by Gasteiger charge is 2.26. The fourth-order valence-corrected chi connectivity index (χ4v) is 3.08. The summed E-state index contributed by atoms with van der Waals surface area (Å²) in [6.07, 6.45) is 3.42. The van der Waals surface area contributed by atoms with Crippen LogP contribution in [0.1, 0.15) is 18.4 Å². The number of nitrogens with one attached hydrogen (secondary N) is 1. The van der Waals surface area contributed by atoms with Crippen molar-refractivity contribution >= 4 is 11.8 Å². The molecule has 0 bridgehead atoms. The van der Waals surface area contributed by atoms with E-state index in [4.69, 9.17) is 0 Å². The van der Waals surface area contributed by atoms with Crippen LogP contribution in [0.15, 0.2) is 36.5 Å². The van der Waals surface area contributed by atoms with Crippen LogP contribution in [-0.4, -0.2) is 47.3 Å². The second-order valence-corrected chi connectivity index (χ2v) is 6.33. The molecule has 1 aliphatic heterocycles. The van der Waals surface area contributed by atoms with Crippen molar-refractivity contribution in [3.63, 3.8) is 0 Å². The Kier molecular flexibility index (Phi) is 5.60. The maximum absolute atomic E-state index is 13.7. The molecule has 1 aromatic heterocycles. The van der Waals surface area contributed by atoms with Gasteiger partial charge in [0.1, 0.15) is 11.6 Å². The molecule has 2 heterocycles. The largest absolute Gasteiger partial charge is 0.353 e. The number of benzene rings is 1. The van der Waals surface area contributed by atoms with Crippen molar-refractivity contribution in [1.82, 2.24) is 20.4 Å². The number of urea groups is 1. The monoisotopic (exact) mass is 361 g/mol. The van der Waals surface area contributed by atoms with Gasteiger partial charge in [0.25, 0.3) is 0 Å². The highest BCUT2D eigenvalue weighted by Crippen LogP contribution is 2.20. The quantitative estimate of drug-likeness (QED) is 0.909. The lowest BCUT2D eigenvalue weighted by atomic mass is 10.0. The summed E-state index contributed by atoms with van der Waals surface area (Å²) in [4.78, 5) is 16.1. The maximum Gasteiger partial charge on any atom is 0.317 e. The van der Waals surface area contributed by atoms with Crippen LogP contribution in [0.4, 0.5) is 19.4 Å². The number of nitrogens with zero attached hydrogens (tertiary/aromatic N) is 4. The molecule has 0 radical (unpaired) electrons. The number of hydrogen-bond donors (Lipinski definition) is 1. The van der Waals surface area contributed by atoms with Crippen molar-refractivity contribution in [2.75, 3.05) is 25.0 Å². The van der Waals surface area contributed by atoms with Gasteiger partial charge < -0.3 is 15.1 Å². The van der Waals surface area contributed by atoms with E-state index in [0.29, 0.717) is 6.54 Å². The van der Waals surface area contributed by atoms with Gasteiger partial charge in [0.05, 0.1) is 6.04 Å². The molecule has 1 N–H and O–H groups in total. The minimum atomic E-state index is -0.541. The summed E-state index contributed by atoms with van der Waals surface area (Å²) in [6, 6.07) is 6.60.